The molecular formula is C19H24ClNO3. The fourth-order valence-electron chi connectivity index (χ4n) is 2.72. The van der Waals surface area contributed by atoms with Gasteiger partial charge in [-0.15, -0.1) is 0 Å². The standard InChI is InChI=1S/C19H24ClNO3/c1-18(2,3)24-17(22)21-16-8-5-10-19(23,13-16)11-9-14-6-4-7-15(20)12-14/h4,6-7,12,16,23H,5,8,10,13H2,1-3H3,(H,21,22)/t16-,19+/m0/s1. The Morgan fingerprint density at radius 3 is 2.88 bits per heavy atom. The normalized spacial score (nSPS) is 23.8. The Morgan fingerprint density at radius 2 is 2.21 bits per heavy atom. The fourth-order valence-corrected chi connectivity index (χ4v) is 2.91. The second kappa shape index (κ2) is 7.46. The van der Waals surface area contributed by atoms with Crippen LogP contribution in [0.15, 0.2) is 24.3 Å². The summed E-state index contributed by atoms with van der Waals surface area (Å²) in [6, 6.07) is 7.07. The number of carbonyl (C=O) groups excluding carboxylic acids is 1. The second-order valence-electron chi connectivity index (χ2n) is 7.23. The topological polar surface area (TPSA) is 58.6 Å². The van der Waals surface area contributed by atoms with Gasteiger partial charge in [0.05, 0.1) is 0 Å². The molecule has 4 nitrogen and oxygen atoms in total. The van der Waals surface area contributed by atoms with E-state index in [0.29, 0.717) is 17.9 Å². The first-order valence-corrected chi connectivity index (χ1v) is 8.54. The molecule has 1 amide bonds. The Morgan fingerprint density at radius 1 is 1.46 bits per heavy atom. The number of nitrogens with one attached hydrogen (secondary N) is 1. The minimum atomic E-state index is -1.11. The van der Waals surface area contributed by atoms with Crippen LogP contribution in [0.25, 0.3) is 0 Å². The summed E-state index contributed by atoms with van der Waals surface area (Å²) < 4.78 is 5.27. The number of benzene rings is 1. The third-order valence-electron chi connectivity index (χ3n) is 3.71. The molecule has 2 atom stereocenters. The van der Waals surface area contributed by atoms with Gasteiger partial charge in [-0.05, 0) is 58.2 Å². The van der Waals surface area contributed by atoms with E-state index in [1.165, 1.54) is 0 Å². The molecule has 1 aromatic carbocycles. The van der Waals surface area contributed by atoms with E-state index in [-0.39, 0.29) is 6.04 Å². The Labute approximate surface area is 148 Å². The maximum atomic E-state index is 11.9. The van der Waals surface area contributed by atoms with Crippen LogP contribution in [0.5, 0.6) is 0 Å². The first-order chi connectivity index (χ1) is 11.2. The zero-order valence-corrected chi connectivity index (χ0v) is 15.1. The van der Waals surface area contributed by atoms with Crippen LogP contribution in [0, 0.1) is 11.8 Å². The Hall–Kier alpha value is -1.70. The Kier molecular flexibility index (Phi) is 5.79. The van der Waals surface area contributed by atoms with Crippen LogP contribution >= 0.6 is 11.6 Å². The van der Waals surface area contributed by atoms with Gasteiger partial charge in [-0.2, -0.15) is 0 Å². The van der Waals surface area contributed by atoms with Crippen LogP contribution in [-0.4, -0.2) is 28.4 Å². The lowest BCUT2D eigenvalue weighted by Gasteiger charge is -2.33. The van der Waals surface area contributed by atoms with Crippen LogP contribution in [0.3, 0.4) is 0 Å². The third-order valence-corrected chi connectivity index (χ3v) is 3.95. The fraction of sp³-hybridized carbons (Fsp3) is 0.526. The van der Waals surface area contributed by atoms with E-state index in [4.69, 9.17) is 16.3 Å². The van der Waals surface area contributed by atoms with Crippen molar-refractivity contribution in [2.24, 2.45) is 0 Å². The average molecular weight is 350 g/mol. The van der Waals surface area contributed by atoms with Gasteiger partial charge >= 0.3 is 6.09 Å². The molecule has 0 aliphatic heterocycles. The first-order valence-electron chi connectivity index (χ1n) is 8.16. The molecule has 1 aliphatic rings. The third kappa shape index (κ3) is 6.07. The number of alkyl carbamates (subject to hydrolysis) is 1. The first kappa shape index (κ1) is 18.6. The summed E-state index contributed by atoms with van der Waals surface area (Å²) >= 11 is 5.94. The van der Waals surface area contributed by atoms with Crippen molar-refractivity contribution < 1.29 is 14.6 Å². The molecule has 2 N–H and O–H groups in total. The highest BCUT2D eigenvalue weighted by molar-refractivity contribution is 6.30. The van der Waals surface area contributed by atoms with E-state index in [0.717, 1.165) is 18.4 Å². The van der Waals surface area contributed by atoms with Crippen molar-refractivity contribution in [1.29, 1.82) is 0 Å². The van der Waals surface area contributed by atoms with Gasteiger partial charge in [0.2, 0.25) is 0 Å². The summed E-state index contributed by atoms with van der Waals surface area (Å²) in [5.74, 6) is 5.93. The molecule has 0 spiro atoms. The van der Waals surface area contributed by atoms with Gasteiger partial charge in [-0.3, -0.25) is 0 Å². The molecule has 130 valence electrons. The largest absolute Gasteiger partial charge is 0.444 e. The smallest absolute Gasteiger partial charge is 0.407 e. The second-order valence-corrected chi connectivity index (χ2v) is 7.67. The lowest BCUT2D eigenvalue weighted by molar-refractivity contribution is 0.0307. The predicted octanol–water partition coefficient (Wildman–Crippen LogP) is 3.89. The molecule has 0 saturated heterocycles. The minimum Gasteiger partial charge on any atom is -0.444 e. The highest BCUT2D eigenvalue weighted by Gasteiger charge is 2.34. The summed E-state index contributed by atoms with van der Waals surface area (Å²) in [6.45, 7) is 5.46. The number of hydrogen-bond acceptors (Lipinski definition) is 3. The quantitative estimate of drug-likeness (QED) is 0.756. The van der Waals surface area contributed by atoms with E-state index >= 15 is 0 Å². The van der Waals surface area contributed by atoms with Gasteiger partial charge in [-0.25, -0.2) is 4.79 Å². The van der Waals surface area contributed by atoms with Crippen molar-refractivity contribution in [2.45, 2.75) is 63.7 Å². The van der Waals surface area contributed by atoms with E-state index < -0.39 is 17.3 Å². The summed E-state index contributed by atoms with van der Waals surface area (Å²) in [7, 11) is 0. The summed E-state index contributed by atoms with van der Waals surface area (Å²) in [6.07, 6.45) is 2.12. The van der Waals surface area contributed by atoms with Gasteiger partial charge in [0.25, 0.3) is 0 Å². The summed E-state index contributed by atoms with van der Waals surface area (Å²) in [5, 5.41) is 14.2. The van der Waals surface area contributed by atoms with Crippen molar-refractivity contribution in [3.63, 3.8) is 0 Å². The average Bonchev–Trinajstić information content (AvgIpc) is 2.43. The number of carbonyl (C=O) groups is 1. The molecule has 1 aliphatic carbocycles. The molecule has 0 heterocycles. The van der Waals surface area contributed by atoms with Gasteiger partial charge in [0.1, 0.15) is 11.2 Å². The number of amides is 1. The van der Waals surface area contributed by atoms with Gasteiger partial charge in [-0.1, -0.05) is 29.5 Å². The molecular weight excluding hydrogens is 326 g/mol. The van der Waals surface area contributed by atoms with Gasteiger partial charge < -0.3 is 15.2 Å². The summed E-state index contributed by atoms with van der Waals surface area (Å²) in [5.41, 5.74) is -0.889. The number of ether oxygens (including phenoxy) is 1. The number of hydrogen-bond donors (Lipinski definition) is 2. The molecule has 0 radical (unpaired) electrons. The van der Waals surface area contributed by atoms with Crippen molar-refractivity contribution in [2.75, 3.05) is 0 Å². The van der Waals surface area contributed by atoms with Crippen LogP contribution < -0.4 is 5.32 Å². The van der Waals surface area contributed by atoms with Crippen LogP contribution in [0.2, 0.25) is 5.02 Å². The Balaban J connectivity index is 2.00. The lowest BCUT2D eigenvalue weighted by atomic mass is 9.82. The zero-order valence-electron chi connectivity index (χ0n) is 14.4. The molecule has 24 heavy (non-hydrogen) atoms. The minimum absolute atomic E-state index is 0.146. The number of aliphatic hydroxyl groups is 1. The van der Waals surface area contributed by atoms with E-state index in [9.17, 15) is 9.90 Å². The highest BCUT2D eigenvalue weighted by Crippen LogP contribution is 2.28. The maximum absolute atomic E-state index is 11.9. The molecule has 0 aromatic heterocycles. The Bertz CT molecular complexity index is 657. The van der Waals surface area contributed by atoms with E-state index in [2.05, 4.69) is 17.2 Å². The summed E-state index contributed by atoms with van der Waals surface area (Å²) in [4.78, 5) is 11.9. The van der Waals surface area contributed by atoms with Crippen molar-refractivity contribution in [1.82, 2.24) is 5.32 Å². The van der Waals surface area contributed by atoms with Crippen LogP contribution in [0.4, 0.5) is 4.79 Å². The lowest BCUT2D eigenvalue weighted by Crippen LogP contribution is -2.46. The molecule has 2 rings (SSSR count). The van der Waals surface area contributed by atoms with E-state index in [1.807, 2.05) is 32.9 Å². The van der Waals surface area contributed by atoms with Crippen LogP contribution in [-0.2, 0) is 4.74 Å². The van der Waals surface area contributed by atoms with Gasteiger partial charge in [0.15, 0.2) is 0 Å². The highest BCUT2D eigenvalue weighted by atomic mass is 35.5. The van der Waals surface area contributed by atoms with E-state index in [1.54, 1.807) is 12.1 Å². The van der Waals surface area contributed by atoms with Crippen molar-refractivity contribution in [3.05, 3.63) is 34.9 Å². The number of halogens is 1. The number of rotatable bonds is 1. The maximum Gasteiger partial charge on any atom is 0.407 e. The van der Waals surface area contributed by atoms with Gasteiger partial charge in [0, 0.05) is 23.0 Å². The molecule has 1 saturated carbocycles. The zero-order chi connectivity index (χ0) is 17.8. The molecule has 1 aromatic rings. The molecule has 5 heteroatoms. The predicted molar refractivity (Wildman–Crippen MR) is 94.9 cm³/mol. The molecule has 1 fully saturated rings. The van der Waals surface area contributed by atoms with Crippen molar-refractivity contribution >= 4 is 17.7 Å². The van der Waals surface area contributed by atoms with Crippen LogP contribution in [0.1, 0.15) is 52.0 Å². The molecule has 0 bridgehead atoms. The monoisotopic (exact) mass is 349 g/mol. The SMILES string of the molecule is CC(C)(C)OC(=O)N[C@H]1CCC[C@@](O)(C#Cc2cccc(Cl)c2)C1. The van der Waals surface area contributed by atoms with Crippen molar-refractivity contribution in [3.8, 4) is 11.8 Å². The molecule has 0 unspecified atom stereocenters.